The van der Waals surface area contributed by atoms with Crippen LogP contribution in [0.15, 0.2) is 21.9 Å². The Balaban J connectivity index is 1.91. The largest absolute Gasteiger partial charge is 0.224 e. The maximum absolute atomic E-state index is 13.4. The van der Waals surface area contributed by atoms with Crippen molar-refractivity contribution in [3.8, 4) is 9.75 Å². The van der Waals surface area contributed by atoms with Crippen LogP contribution in [0.2, 0.25) is 0 Å². The topological polar surface area (TPSA) is 34.1 Å². The van der Waals surface area contributed by atoms with Crippen molar-refractivity contribution < 1.29 is 8.42 Å². The molecule has 36 heavy (non-hydrogen) atoms. The molecule has 0 aliphatic carbocycles. The van der Waals surface area contributed by atoms with Gasteiger partial charge in [0.15, 0.2) is 9.84 Å². The highest BCUT2D eigenvalue weighted by Gasteiger charge is 2.25. The first-order chi connectivity index (χ1) is 17.4. The van der Waals surface area contributed by atoms with Crippen LogP contribution in [0.5, 0.6) is 0 Å². The van der Waals surface area contributed by atoms with Gasteiger partial charge in [0.2, 0.25) is 0 Å². The molecule has 0 spiro atoms. The van der Waals surface area contributed by atoms with Gasteiger partial charge in [0, 0.05) is 14.6 Å². The van der Waals surface area contributed by atoms with Crippen LogP contribution in [0.25, 0.3) is 9.75 Å². The fraction of sp³-hybridized carbons (Fsp3) is 0.733. The third-order valence-corrected chi connectivity index (χ3v) is 12.2. The number of unbranched alkanes of at least 4 members (excludes halogenated alkanes) is 14. The van der Waals surface area contributed by atoms with E-state index in [0.717, 1.165) is 34.8 Å². The summed E-state index contributed by atoms with van der Waals surface area (Å²) >= 11 is 5.33. The maximum atomic E-state index is 13.4. The molecule has 0 aliphatic rings. The minimum Gasteiger partial charge on any atom is -0.224 e. The molecule has 0 amide bonds. The monoisotopic (exact) mass is 570 g/mol. The number of rotatable bonds is 21. The van der Waals surface area contributed by atoms with Crippen molar-refractivity contribution in [1.29, 1.82) is 0 Å². The van der Waals surface area contributed by atoms with E-state index in [1.54, 1.807) is 22.7 Å². The molecule has 0 aromatic carbocycles. The average Bonchev–Trinajstić information content (AvgIpc) is 3.42. The molecule has 0 radical (unpaired) electrons. The molecule has 2 aromatic rings. The molecule has 206 valence electrons. The van der Waals surface area contributed by atoms with Crippen molar-refractivity contribution in [2.75, 3.05) is 11.5 Å². The standard InChI is InChI=1S/C30H50O2S4/c1-5-7-9-11-13-15-17-19-21-33-27-23-25(3)34-29(27)30-28(24-26(4)35-30)36(31,32)22-20-18-16-14-12-10-8-6-2/h23-24H,5-22H2,1-4H3. The first-order valence-electron chi connectivity index (χ1n) is 14.5. The van der Waals surface area contributed by atoms with Crippen LogP contribution >= 0.6 is 34.4 Å². The van der Waals surface area contributed by atoms with Gasteiger partial charge in [-0.05, 0) is 44.6 Å². The number of thiophene rings is 2. The van der Waals surface area contributed by atoms with E-state index in [0.29, 0.717) is 4.90 Å². The predicted octanol–water partition coefficient (Wildman–Crippen LogP) is 11.2. The second-order valence-corrected chi connectivity index (χ2v) is 15.9. The molecule has 0 saturated heterocycles. The fourth-order valence-corrected chi connectivity index (χ4v) is 10.3. The Morgan fingerprint density at radius 2 is 1.11 bits per heavy atom. The molecule has 0 N–H and O–H groups in total. The van der Waals surface area contributed by atoms with Gasteiger partial charge in [-0.3, -0.25) is 0 Å². The number of aryl methyl sites for hydroxylation is 2. The van der Waals surface area contributed by atoms with Gasteiger partial charge in [0.1, 0.15) is 0 Å². The summed E-state index contributed by atoms with van der Waals surface area (Å²) in [5.74, 6) is 1.39. The molecule has 2 nitrogen and oxygen atoms in total. The summed E-state index contributed by atoms with van der Waals surface area (Å²) in [5.41, 5.74) is 0. The smallest absolute Gasteiger partial charge is 0.179 e. The van der Waals surface area contributed by atoms with E-state index in [1.165, 1.54) is 98.1 Å². The Hall–Kier alpha value is -0.300. The summed E-state index contributed by atoms with van der Waals surface area (Å²) in [6.45, 7) is 8.69. The normalized spacial score (nSPS) is 12.0. The van der Waals surface area contributed by atoms with Crippen molar-refractivity contribution in [1.82, 2.24) is 0 Å². The highest BCUT2D eigenvalue weighted by Crippen LogP contribution is 2.45. The van der Waals surface area contributed by atoms with Gasteiger partial charge in [0.25, 0.3) is 0 Å². The van der Waals surface area contributed by atoms with Crippen molar-refractivity contribution in [2.24, 2.45) is 0 Å². The summed E-state index contributed by atoms with van der Waals surface area (Å²) in [7, 11) is -3.26. The van der Waals surface area contributed by atoms with E-state index in [-0.39, 0.29) is 5.75 Å². The van der Waals surface area contributed by atoms with Gasteiger partial charge in [0.05, 0.1) is 20.4 Å². The van der Waals surface area contributed by atoms with Crippen molar-refractivity contribution in [3.63, 3.8) is 0 Å². The molecule has 0 bridgehead atoms. The molecule has 0 fully saturated rings. The Morgan fingerprint density at radius 1 is 0.639 bits per heavy atom. The number of sulfone groups is 1. The van der Waals surface area contributed by atoms with Gasteiger partial charge >= 0.3 is 0 Å². The lowest BCUT2D eigenvalue weighted by Gasteiger charge is -2.08. The van der Waals surface area contributed by atoms with E-state index in [4.69, 9.17) is 0 Å². The van der Waals surface area contributed by atoms with Crippen molar-refractivity contribution in [3.05, 3.63) is 21.9 Å². The van der Waals surface area contributed by atoms with Gasteiger partial charge < -0.3 is 0 Å². The molecule has 0 atom stereocenters. The predicted molar refractivity (Wildman–Crippen MR) is 165 cm³/mol. The SMILES string of the molecule is CCCCCCCCCCSc1cc(C)sc1-c1sc(C)cc1S(=O)(=O)CCCCCCCCCC. The van der Waals surface area contributed by atoms with Crippen LogP contribution in [0.3, 0.4) is 0 Å². The molecule has 0 saturated carbocycles. The van der Waals surface area contributed by atoms with E-state index in [9.17, 15) is 8.42 Å². The Labute approximate surface area is 235 Å². The summed E-state index contributed by atoms with van der Waals surface area (Å²) in [6.07, 6.45) is 20.0. The van der Waals surface area contributed by atoms with Crippen LogP contribution in [-0.4, -0.2) is 19.9 Å². The quantitative estimate of drug-likeness (QED) is 0.111. The zero-order valence-corrected chi connectivity index (χ0v) is 26.6. The molecular formula is C30H50O2S4. The summed E-state index contributed by atoms with van der Waals surface area (Å²) < 4.78 is 26.7. The van der Waals surface area contributed by atoms with Gasteiger partial charge in [-0.15, -0.1) is 34.4 Å². The number of hydrogen-bond acceptors (Lipinski definition) is 5. The number of hydrogen-bond donors (Lipinski definition) is 0. The van der Waals surface area contributed by atoms with Crippen LogP contribution in [0.4, 0.5) is 0 Å². The van der Waals surface area contributed by atoms with Crippen molar-refractivity contribution >= 4 is 44.3 Å². The first kappa shape index (κ1) is 31.9. The third-order valence-electron chi connectivity index (χ3n) is 6.71. The minimum absolute atomic E-state index is 0.274. The lowest BCUT2D eigenvalue weighted by atomic mass is 10.1. The van der Waals surface area contributed by atoms with Crippen LogP contribution in [0, 0.1) is 13.8 Å². The van der Waals surface area contributed by atoms with Gasteiger partial charge in [-0.2, -0.15) is 0 Å². The van der Waals surface area contributed by atoms with Crippen molar-refractivity contribution in [2.45, 2.75) is 140 Å². The molecule has 2 rings (SSSR count). The molecule has 6 heteroatoms. The number of thioether (sulfide) groups is 1. The lowest BCUT2D eigenvalue weighted by molar-refractivity contribution is 0.573. The van der Waals surface area contributed by atoms with E-state index in [2.05, 4.69) is 26.8 Å². The van der Waals surface area contributed by atoms with E-state index >= 15 is 0 Å². The third kappa shape index (κ3) is 11.6. The molecule has 2 aromatic heterocycles. The van der Waals surface area contributed by atoms with Crippen LogP contribution in [-0.2, 0) is 9.84 Å². The minimum atomic E-state index is -3.26. The zero-order chi connectivity index (χ0) is 26.2. The van der Waals surface area contributed by atoms with E-state index < -0.39 is 9.84 Å². The second-order valence-electron chi connectivity index (χ2n) is 10.2. The summed E-state index contributed by atoms with van der Waals surface area (Å²) in [6, 6.07) is 4.18. The van der Waals surface area contributed by atoms with Crippen LogP contribution < -0.4 is 0 Å². The maximum Gasteiger partial charge on any atom is 0.179 e. The molecule has 2 heterocycles. The van der Waals surface area contributed by atoms with Crippen LogP contribution in [0.1, 0.15) is 126 Å². The summed E-state index contributed by atoms with van der Waals surface area (Å²) in [4.78, 5) is 6.34. The second kappa shape index (κ2) is 18.1. The zero-order valence-electron chi connectivity index (χ0n) is 23.3. The summed E-state index contributed by atoms with van der Waals surface area (Å²) in [5, 5.41) is 0. The average molecular weight is 571 g/mol. The van der Waals surface area contributed by atoms with E-state index in [1.807, 2.05) is 24.8 Å². The lowest BCUT2D eigenvalue weighted by Crippen LogP contribution is -2.07. The molecule has 0 unspecified atom stereocenters. The molecular weight excluding hydrogens is 521 g/mol. The Kier molecular flexibility index (Phi) is 16.0. The first-order valence-corrected chi connectivity index (χ1v) is 18.7. The fourth-order valence-electron chi connectivity index (χ4n) is 4.59. The highest BCUT2D eigenvalue weighted by atomic mass is 32.2. The molecule has 0 aliphatic heterocycles. The van der Waals surface area contributed by atoms with Gasteiger partial charge in [-0.1, -0.05) is 104 Å². The Morgan fingerprint density at radius 3 is 1.69 bits per heavy atom. The Bertz CT molecular complexity index is 956. The highest BCUT2D eigenvalue weighted by molar-refractivity contribution is 7.99. The van der Waals surface area contributed by atoms with Gasteiger partial charge in [-0.25, -0.2) is 8.42 Å².